The Hall–Kier alpha value is -3.60. The Bertz CT molecular complexity index is 1460. The highest BCUT2D eigenvalue weighted by Crippen LogP contribution is 2.33. The van der Waals surface area contributed by atoms with Gasteiger partial charge in [-0.1, -0.05) is 17.4 Å². The van der Waals surface area contributed by atoms with Gasteiger partial charge in [-0.15, -0.1) is 0 Å². The molecule has 1 amide bonds. The second-order valence-electron chi connectivity index (χ2n) is 7.45. The van der Waals surface area contributed by atoms with Crippen molar-refractivity contribution in [1.82, 2.24) is 4.57 Å². The lowest BCUT2D eigenvalue weighted by atomic mass is 10.1. The minimum atomic E-state index is -4.47. The number of thiazole rings is 1. The molecule has 2 aromatic carbocycles. The average Bonchev–Trinajstić information content (AvgIpc) is 3.28. The molecule has 1 aromatic heterocycles. The van der Waals surface area contributed by atoms with Gasteiger partial charge in [0.05, 0.1) is 17.7 Å². The second-order valence-corrected chi connectivity index (χ2v) is 8.42. The summed E-state index contributed by atoms with van der Waals surface area (Å²) in [5.74, 6) is 0.178. The molecular formula is C22H17F3N4O3S. The molecular weight excluding hydrogens is 457 g/mol. The van der Waals surface area contributed by atoms with E-state index in [9.17, 15) is 22.8 Å². The van der Waals surface area contributed by atoms with Crippen LogP contribution < -0.4 is 29.8 Å². The molecule has 3 heterocycles. The fourth-order valence-corrected chi connectivity index (χ4v) is 4.89. The molecule has 0 unspecified atom stereocenters. The number of halogens is 3. The highest BCUT2D eigenvalue weighted by atomic mass is 32.1. The topological polar surface area (TPSA) is 75.9 Å². The smallest absolute Gasteiger partial charge is 0.416 e. The number of amides is 1. The summed E-state index contributed by atoms with van der Waals surface area (Å²) >= 11 is 1.09. The monoisotopic (exact) mass is 474 g/mol. The molecule has 3 aromatic rings. The van der Waals surface area contributed by atoms with Crippen molar-refractivity contribution in [3.8, 4) is 5.75 Å². The first-order valence-corrected chi connectivity index (χ1v) is 10.9. The molecule has 33 heavy (non-hydrogen) atoms. The van der Waals surface area contributed by atoms with E-state index in [1.807, 2.05) is 6.92 Å². The van der Waals surface area contributed by atoms with E-state index in [1.165, 1.54) is 10.6 Å². The fourth-order valence-electron chi connectivity index (χ4n) is 3.83. The van der Waals surface area contributed by atoms with Crippen molar-refractivity contribution in [2.45, 2.75) is 19.8 Å². The molecule has 0 saturated carbocycles. The second kappa shape index (κ2) is 7.77. The highest BCUT2D eigenvalue weighted by molar-refractivity contribution is 7.07. The van der Waals surface area contributed by atoms with Crippen LogP contribution in [0.5, 0.6) is 5.75 Å². The molecule has 0 radical (unpaired) electrons. The van der Waals surface area contributed by atoms with Crippen LogP contribution in [0, 0.1) is 0 Å². The number of ether oxygens (including phenoxy) is 1. The molecule has 2 aliphatic rings. The Morgan fingerprint density at radius 2 is 2.00 bits per heavy atom. The van der Waals surface area contributed by atoms with E-state index < -0.39 is 23.2 Å². The third-order valence-corrected chi connectivity index (χ3v) is 6.48. The number of carbonyl (C=O) groups excluding carboxylic acids is 1. The number of carbonyl (C=O) groups is 1. The molecule has 0 fully saturated rings. The third-order valence-electron chi connectivity index (χ3n) is 5.36. The van der Waals surface area contributed by atoms with Gasteiger partial charge in [-0.3, -0.25) is 14.2 Å². The zero-order valence-corrected chi connectivity index (χ0v) is 18.1. The van der Waals surface area contributed by atoms with Gasteiger partial charge in [-0.25, -0.2) is 4.99 Å². The molecule has 1 N–H and O–H groups in total. The van der Waals surface area contributed by atoms with Gasteiger partial charge in [0.2, 0.25) is 0 Å². The van der Waals surface area contributed by atoms with E-state index in [0.717, 1.165) is 23.5 Å². The number of hydrogen-bond acceptors (Lipinski definition) is 6. The molecule has 170 valence electrons. The number of fused-ring (bicyclic) bond motifs is 2. The van der Waals surface area contributed by atoms with Crippen LogP contribution in [0.25, 0.3) is 5.57 Å². The summed E-state index contributed by atoms with van der Waals surface area (Å²) in [5.41, 5.74) is 0.495. The van der Waals surface area contributed by atoms with E-state index in [4.69, 9.17) is 4.74 Å². The molecule has 0 spiro atoms. The zero-order chi connectivity index (χ0) is 23.3. The Kier molecular flexibility index (Phi) is 5.00. The number of hydrogen-bond donors (Lipinski definition) is 1. The first kappa shape index (κ1) is 21.3. The van der Waals surface area contributed by atoms with Crippen molar-refractivity contribution in [3.63, 3.8) is 0 Å². The third kappa shape index (κ3) is 3.67. The van der Waals surface area contributed by atoms with Crippen LogP contribution in [0.15, 0.2) is 52.3 Å². The van der Waals surface area contributed by atoms with Crippen LogP contribution in [0.3, 0.4) is 0 Å². The summed E-state index contributed by atoms with van der Waals surface area (Å²) in [6, 6.07) is 10.1. The van der Waals surface area contributed by atoms with Crippen molar-refractivity contribution < 1.29 is 22.7 Å². The van der Waals surface area contributed by atoms with Gasteiger partial charge in [0.1, 0.15) is 23.6 Å². The van der Waals surface area contributed by atoms with Crippen LogP contribution >= 0.6 is 11.3 Å². The van der Waals surface area contributed by atoms with Gasteiger partial charge in [-0.2, -0.15) is 13.2 Å². The molecule has 0 aliphatic carbocycles. The Morgan fingerprint density at radius 1 is 1.18 bits per heavy atom. The lowest BCUT2D eigenvalue weighted by Crippen LogP contribution is -2.43. The van der Waals surface area contributed by atoms with Gasteiger partial charge >= 0.3 is 6.18 Å². The van der Waals surface area contributed by atoms with Gasteiger partial charge in [0.15, 0.2) is 4.80 Å². The highest BCUT2D eigenvalue weighted by Gasteiger charge is 2.31. The number of benzene rings is 2. The molecule has 0 bridgehead atoms. The van der Waals surface area contributed by atoms with Crippen molar-refractivity contribution in [1.29, 1.82) is 0 Å². The summed E-state index contributed by atoms with van der Waals surface area (Å²) < 4.78 is 46.4. The maximum Gasteiger partial charge on any atom is 0.416 e. The molecule has 7 nitrogen and oxygen atoms in total. The summed E-state index contributed by atoms with van der Waals surface area (Å²) in [6.07, 6.45) is -4.47. The maximum absolute atomic E-state index is 13.2. The lowest BCUT2D eigenvalue weighted by Gasteiger charge is -2.26. The normalized spacial score (nSPS) is 16.7. The van der Waals surface area contributed by atoms with Crippen LogP contribution in [0.2, 0.25) is 0 Å². The molecule has 11 heteroatoms. The summed E-state index contributed by atoms with van der Waals surface area (Å²) in [5, 5.41) is 2.76. The standard InChI is InChI=1S/C22H17F3N4O3S/c1-2-32-14-6-7-16-15(9-14)17(19(30)27-16)18-20(31)29-11-28(10-26-21(29)33-18)13-5-3-4-12(8-13)22(23,24)25/h3-9H,2,10-11H2,1H3,(H,27,30)/b18-17-. The maximum atomic E-state index is 13.2. The van der Waals surface area contributed by atoms with E-state index in [2.05, 4.69) is 10.3 Å². The first-order chi connectivity index (χ1) is 15.8. The lowest BCUT2D eigenvalue weighted by molar-refractivity contribution is -0.137. The Balaban J connectivity index is 1.58. The van der Waals surface area contributed by atoms with Crippen molar-refractivity contribution in [2.24, 2.45) is 4.99 Å². The SMILES string of the molecule is CCOc1ccc2c(c1)/C(=c1/sc3n(c1=O)CN(c1cccc(C(F)(F)F)c1)CN=3)C(=O)N2. The molecule has 0 atom stereocenters. The largest absolute Gasteiger partial charge is 0.494 e. The van der Waals surface area contributed by atoms with E-state index in [1.54, 1.807) is 29.2 Å². The fraction of sp³-hybridized carbons (Fsp3) is 0.227. The van der Waals surface area contributed by atoms with E-state index >= 15 is 0 Å². The van der Waals surface area contributed by atoms with E-state index in [-0.39, 0.29) is 23.4 Å². The van der Waals surface area contributed by atoms with Crippen LogP contribution in [-0.4, -0.2) is 23.7 Å². The predicted molar refractivity (Wildman–Crippen MR) is 117 cm³/mol. The van der Waals surface area contributed by atoms with Crippen LogP contribution in [-0.2, 0) is 17.6 Å². The number of nitrogens with zero attached hydrogens (tertiary/aromatic N) is 3. The number of alkyl halides is 3. The summed E-state index contributed by atoms with van der Waals surface area (Å²) in [4.78, 5) is 32.3. The molecule has 2 aliphatic heterocycles. The van der Waals surface area contributed by atoms with E-state index in [0.29, 0.717) is 34.1 Å². The zero-order valence-electron chi connectivity index (χ0n) is 17.3. The Labute approximate surface area is 189 Å². The predicted octanol–water partition coefficient (Wildman–Crippen LogP) is 2.53. The first-order valence-electron chi connectivity index (χ1n) is 10.1. The summed E-state index contributed by atoms with van der Waals surface area (Å²) in [6.45, 7) is 2.41. The quantitative estimate of drug-likeness (QED) is 0.633. The van der Waals surface area contributed by atoms with Crippen LogP contribution in [0.1, 0.15) is 18.1 Å². The van der Waals surface area contributed by atoms with Gasteiger partial charge in [0.25, 0.3) is 11.5 Å². The van der Waals surface area contributed by atoms with Gasteiger partial charge < -0.3 is 15.0 Å². The van der Waals surface area contributed by atoms with Gasteiger partial charge in [-0.05, 0) is 43.3 Å². The van der Waals surface area contributed by atoms with Crippen molar-refractivity contribution >= 4 is 34.2 Å². The van der Waals surface area contributed by atoms with Gasteiger partial charge in [0, 0.05) is 16.9 Å². The van der Waals surface area contributed by atoms with Crippen molar-refractivity contribution in [3.05, 3.63) is 73.3 Å². The summed E-state index contributed by atoms with van der Waals surface area (Å²) in [7, 11) is 0. The molecule has 0 saturated heterocycles. The number of anilines is 2. The Morgan fingerprint density at radius 3 is 2.76 bits per heavy atom. The number of aromatic nitrogens is 1. The molecule has 5 rings (SSSR count). The number of nitrogens with one attached hydrogen (secondary N) is 1. The minimum absolute atomic E-state index is 0.0240. The van der Waals surface area contributed by atoms with Crippen LogP contribution in [0.4, 0.5) is 24.5 Å². The average molecular weight is 474 g/mol. The minimum Gasteiger partial charge on any atom is -0.494 e. The number of rotatable bonds is 3. The van der Waals surface area contributed by atoms with Crippen molar-refractivity contribution in [2.75, 3.05) is 23.5 Å².